The molecule has 1 aromatic heterocycles. The number of benzene rings is 1. The number of likely N-dealkylation sites (tertiary alicyclic amines) is 1. The van der Waals surface area contributed by atoms with Crippen LogP contribution in [-0.4, -0.2) is 29.8 Å². The number of hydrogen-bond acceptors (Lipinski definition) is 4. The number of aromatic nitrogens is 1. The van der Waals surface area contributed by atoms with Crippen molar-refractivity contribution in [2.45, 2.75) is 24.8 Å². The maximum atomic E-state index is 13.3. The molecule has 2 aromatic rings. The summed E-state index contributed by atoms with van der Waals surface area (Å²) in [6, 6.07) is 5.09. The van der Waals surface area contributed by atoms with Crippen LogP contribution < -0.4 is 5.56 Å². The van der Waals surface area contributed by atoms with Gasteiger partial charge in [-0.3, -0.25) is 4.79 Å². The SMILES string of the molecule is COC(=O)N1CCC(c2cc(=O)[nH]o2)CC1c1ccc(F)cc1Cl. The van der Waals surface area contributed by atoms with Crippen molar-refractivity contribution in [3.8, 4) is 0 Å². The molecule has 6 nitrogen and oxygen atoms in total. The number of halogens is 2. The molecule has 3 rings (SSSR count). The highest BCUT2D eigenvalue weighted by Crippen LogP contribution is 2.41. The highest BCUT2D eigenvalue weighted by Gasteiger charge is 2.36. The van der Waals surface area contributed by atoms with E-state index in [2.05, 4.69) is 5.16 Å². The molecule has 1 amide bonds. The number of methoxy groups -OCH3 is 1. The summed E-state index contributed by atoms with van der Waals surface area (Å²) in [6.45, 7) is 0.407. The molecule has 0 aliphatic carbocycles. The molecule has 2 heterocycles. The van der Waals surface area contributed by atoms with Gasteiger partial charge in [0.1, 0.15) is 11.6 Å². The Morgan fingerprint density at radius 1 is 1.46 bits per heavy atom. The minimum atomic E-state index is -0.477. The Labute approximate surface area is 142 Å². The molecule has 24 heavy (non-hydrogen) atoms. The van der Waals surface area contributed by atoms with Crippen LogP contribution in [0.15, 0.2) is 33.6 Å². The summed E-state index contributed by atoms with van der Waals surface area (Å²) in [5.74, 6) is 0.0288. The molecular weight excluding hydrogens is 339 g/mol. The molecule has 0 saturated carbocycles. The molecule has 0 bridgehead atoms. The number of H-pyrrole nitrogens is 1. The van der Waals surface area contributed by atoms with Gasteiger partial charge < -0.3 is 14.2 Å². The Morgan fingerprint density at radius 2 is 2.25 bits per heavy atom. The highest BCUT2D eigenvalue weighted by atomic mass is 35.5. The van der Waals surface area contributed by atoms with Crippen molar-refractivity contribution >= 4 is 17.7 Å². The fraction of sp³-hybridized carbons (Fsp3) is 0.375. The summed E-state index contributed by atoms with van der Waals surface area (Å²) in [4.78, 5) is 24.9. The van der Waals surface area contributed by atoms with Crippen LogP contribution in [0, 0.1) is 5.82 Å². The number of ether oxygens (including phenoxy) is 1. The standard InChI is InChI=1S/C16H16ClFN2O4/c1-23-16(22)20-5-4-9(14-8-15(21)19-24-14)6-13(20)11-3-2-10(18)7-12(11)17/h2-3,7-9,13H,4-6H2,1H3,(H,19,21). The Kier molecular flexibility index (Phi) is 4.62. The summed E-state index contributed by atoms with van der Waals surface area (Å²) in [6.07, 6.45) is 0.626. The van der Waals surface area contributed by atoms with Crippen molar-refractivity contribution in [3.05, 3.63) is 56.8 Å². The van der Waals surface area contributed by atoms with E-state index in [-0.39, 0.29) is 16.5 Å². The number of amides is 1. The van der Waals surface area contributed by atoms with E-state index in [9.17, 15) is 14.0 Å². The molecule has 0 radical (unpaired) electrons. The zero-order valence-electron chi connectivity index (χ0n) is 12.9. The van der Waals surface area contributed by atoms with Gasteiger partial charge in [-0.15, -0.1) is 0 Å². The number of nitrogens with zero attached hydrogens (tertiary/aromatic N) is 1. The van der Waals surface area contributed by atoms with Gasteiger partial charge in [0.2, 0.25) is 0 Å². The average molecular weight is 355 g/mol. The maximum absolute atomic E-state index is 13.3. The van der Waals surface area contributed by atoms with E-state index in [0.29, 0.717) is 30.7 Å². The van der Waals surface area contributed by atoms with Crippen molar-refractivity contribution in [3.63, 3.8) is 0 Å². The predicted octanol–water partition coefficient (Wildman–Crippen LogP) is 3.45. The third-order valence-electron chi connectivity index (χ3n) is 4.28. The Hall–Kier alpha value is -2.28. The van der Waals surface area contributed by atoms with Gasteiger partial charge in [-0.25, -0.2) is 9.18 Å². The Morgan fingerprint density at radius 3 is 2.88 bits per heavy atom. The monoisotopic (exact) mass is 354 g/mol. The van der Waals surface area contributed by atoms with E-state index in [1.807, 2.05) is 0 Å². The summed E-state index contributed by atoms with van der Waals surface area (Å²) in [5.41, 5.74) is 0.322. The van der Waals surface area contributed by atoms with Crippen molar-refractivity contribution in [2.24, 2.45) is 0 Å². The molecule has 0 spiro atoms. The molecular formula is C16H16ClFN2O4. The number of carbonyl (C=O) groups excluding carboxylic acids is 1. The van der Waals surface area contributed by atoms with Crippen molar-refractivity contribution in [1.29, 1.82) is 0 Å². The van der Waals surface area contributed by atoms with Crippen LogP contribution in [0.25, 0.3) is 0 Å². The highest BCUT2D eigenvalue weighted by molar-refractivity contribution is 6.31. The Bertz CT molecular complexity index is 803. The third kappa shape index (κ3) is 3.17. The van der Waals surface area contributed by atoms with Gasteiger partial charge in [0.25, 0.3) is 5.56 Å². The van der Waals surface area contributed by atoms with E-state index in [1.165, 1.54) is 25.3 Å². The second-order valence-corrected chi connectivity index (χ2v) is 6.09. The number of hydrogen-bond donors (Lipinski definition) is 1. The third-order valence-corrected chi connectivity index (χ3v) is 4.61. The summed E-state index contributed by atoms with van der Waals surface area (Å²) in [7, 11) is 1.31. The first-order chi connectivity index (χ1) is 11.5. The molecule has 1 aliphatic heterocycles. The van der Waals surface area contributed by atoms with Gasteiger partial charge >= 0.3 is 6.09 Å². The molecule has 1 aliphatic rings. The zero-order chi connectivity index (χ0) is 17.3. The smallest absolute Gasteiger partial charge is 0.409 e. The molecule has 2 unspecified atom stereocenters. The van der Waals surface area contributed by atoms with E-state index in [0.717, 1.165) is 0 Å². The molecule has 1 fully saturated rings. The first-order valence-electron chi connectivity index (χ1n) is 7.47. The van der Waals surface area contributed by atoms with Crippen molar-refractivity contribution in [1.82, 2.24) is 10.1 Å². The van der Waals surface area contributed by atoms with Crippen molar-refractivity contribution in [2.75, 3.05) is 13.7 Å². The van der Waals surface area contributed by atoms with E-state index < -0.39 is 18.0 Å². The molecule has 1 aromatic carbocycles. The number of nitrogens with one attached hydrogen (secondary N) is 1. The molecule has 1 saturated heterocycles. The number of rotatable bonds is 2. The van der Waals surface area contributed by atoms with E-state index in [1.54, 1.807) is 11.0 Å². The maximum Gasteiger partial charge on any atom is 0.409 e. The fourth-order valence-electron chi connectivity index (χ4n) is 3.12. The van der Waals surface area contributed by atoms with Gasteiger partial charge in [-0.1, -0.05) is 17.7 Å². The van der Waals surface area contributed by atoms with Gasteiger partial charge in [-0.2, -0.15) is 5.16 Å². The van der Waals surface area contributed by atoms with Crippen LogP contribution in [-0.2, 0) is 4.74 Å². The van der Waals surface area contributed by atoms with E-state index >= 15 is 0 Å². The largest absolute Gasteiger partial charge is 0.453 e. The lowest BCUT2D eigenvalue weighted by molar-refractivity contribution is 0.0815. The quantitative estimate of drug-likeness (QED) is 0.896. The number of piperidine rings is 1. The summed E-state index contributed by atoms with van der Waals surface area (Å²) >= 11 is 6.18. The minimum absolute atomic E-state index is 0.0593. The topological polar surface area (TPSA) is 75.5 Å². The minimum Gasteiger partial charge on any atom is -0.453 e. The van der Waals surface area contributed by atoms with Crippen LogP contribution in [0.5, 0.6) is 0 Å². The Balaban J connectivity index is 1.95. The van der Waals surface area contributed by atoms with Gasteiger partial charge in [0, 0.05) is 23.6 Å². The first-order valence-corrected chi connectivity index (χ1v) is 7.85. The van der Waals surface area contributed by atoms with Crippen LogP contribution in [0.2, 0.25) is 5.02 Å². The lowest BCUT2D eigenvalue weighted by Crippen LogP contribution is -2.40. The lowest BCUT2D eigenvalue weighted by Gasteiger charge is -2.38. The van der Waals surface area contributed by atoms with Gasteiger partial charge in [0.15, 0.2) is 0 Å². The van der Waals surface area contributed by atoms with Crippen LogP contribution in [0.1, 0.15) is 36.1 Å². The second-order valence-electron chi connectivity index (χ2n) is 5.68. The number of carbonyl (C=O) groups is 1. The normalized spacial score (nSPS) is 20.9. The molecule has 8 heteroatoms. The average Bonchev–Trinajstić information content (AvgIpc) is 3.00. The lowest BCUT2D eigenvalue weighted by atomic mass is 9.86. The summed E-state index contributed by atoms with van der Waals surface area (Å²) < 4.78 is 23.4. The van der Waals surface area contributed by atoms with Crippen LogP contribution in [0.3, 0.4) is 0 Å². The molecule has 128 valence electrons. The molecule has 2 atom stereocenters. The summed E-state index contributed by atoms with van der Waals surface area (Å²) in [5, 5.41) is 2.51. The van der Waals surface area contributed by atoms with Crippen LogP contribution >= 0.6 is 11.6 Å². The van der Waals surface area contributed by atoms with E-state index in [4.69, 9.17) is 20.9 Å². The zero-order valence-corrected chi connectivity index (χ0v) is 13.7. The fourth-order valence-corrected chi connectivity index (χ4v) is 3.42. The second kappa shape index (κ2) is 6.68. The van der Waals surface area contributed by atoms with Gasteiger partial charge in [-0.05, 0) is 30.5 Å². The van der Waals surface area contributed by atoms with Crippen molar-refractivity contribution < 1.29 is 18.4 Å². The predicted molar refractivity (Wildman–Crippen MR) is 84.6 cm³/mol. The van der Waals surface area contributed by atoms with Crippen LogP contribution in [0.4, 0.5) is 9.18 Å². The first kappa shape index (κ1) is 16.6. The molecule has 1 N–H and O–H groups in total. The number of aromatic amines is 1. The van der Waals surface area contributed by atoms with Gasteiger partial charge in [0.05, 0.1) is 13.2 Å².